The average molecular weight is 249 g/mol. The van der Waals surface area contributed by atoms with Gasteiger partial charge in [0.25, 0.3) is 0 Å². The number of hydrogen-bond donors (Lipinski definition) is 2. The third-order valence-electron chi connectivity index (χ3n) is 3.49. The molecule has 1 aromatic heterocycles. The molecule has 0 spiro atoms. The summed E-state index contributed by atoms with van der Waals surface area (Å²) in [6.07, 6.45) is 5.18. The molecule has 0 radical (unpaired) electrons. The molecule has 1 fully saturated rings. The van der Waals surface area contributed by atoms with Gasteiger partial charge in [-0.15, -0.1) is 0 Å². The Kier molecular flexibility index (Phi) is 4.96. The third kappa shape index (κ3) is 3.21. The van der Waals surface area contributed by atoms with E-state index in [1.165, 1.54) is 6.42 Å². The summed E-state index contributed by atoms with van der Waals surface area (Å²) in [6, 6.07) is 4.29. The van der Waals surface area contributed by atoms with Crippen molar-refractivity contribution in [3.8, 4) is 0 Å². The number of ether oxygens (including phenoxy) is 1. The van der Waals surface area contributed by atoms with Gasteiger partial charge in [-0.25, -0.2) is 4.98 Å². The van der Waals surface area contributed by atoms with E-state index in [0.29, 0.717) is 11.7 Å². The summed E-state index contributed by atoms with van der Waals surface area (Å²) in [7, 11) is 0. The third-order valence-corrected chi connectivity index (χ3v) is 3.49. The molecule has 0 saturated carbocycles. The lowest BCUT2D eigenvalue weighted by Gasteiger charge is -2.31. The molecule has 0 aromatic carbocycles. The molecule has 1 aliphatic rings. The molecular weight excluding hydrogens is 226 g/mol. The lowest BCUT2D eigenvalue weighted by atomic mass is 9.89. The van der Waals surface area contributed by atoms with Crippen LogP contribution >= 0.6 is 0 Å². The maximum Gasteiger partial charge on any atom is 0.128 e. The Labute approximate surface area is 109 Å². The number of pyridine rings is 1. The van der Waals surface area contributed by atoms with Crippen molar-refractivity contribution in [3.05, 3.63) is 23.9 Å². The molecule has 100 valence electrons. The van der Waals surface area contributed by atoms with E-state index >= 15 is 0 Å². The predicted molar refractivity (Wildman–Crippen MR) is 73.2 cm³/mol. The Bertz CT molecular complexity index is 364. The van der Waals surface area contributed by atoms with Gasteiger partial charge < -0.3 is 15.8 Å². The van der Waals surface area contributed by atoms with Crippen molar-refractivity contribution >= 4 is 5.82 Å². The first kappa shape index (κ1) is 13.3. The van der Waals surface area contributed by atoms with Gasteiger partial charge in [-0.3, -0.25) is 0 Å². The van der Waals surface area contributed by atoms with Crippen LogP contribution in [0.1, 0.15) is 37.8 Å². The highest BCUT2D eigenvalue weighted by Crippen LogP contribution is 2.30. The van der Waals surface area contributed by atoms with Crippen molar-refractivity contribution in [2.75, 3.05) is 25.5 Å². The summed E-state index contributed by atoms with van der Waals surface area (Å²) in [4.78, 5) is 4.20. The summed E-state index contributed by atoms with van der Waals surface area (Å²) in [5.41, 5.74) is 7.12. The highest BCUT2D eigenvalue weighted by atomic mass is 16.5. The van der Waals surface area contributed by atoms with Crippen molar-refractivity contribution in [2.24, 2.45) is 5.92 Å². The summed E-state index contributed by atoms with van der Waals surface area (Å²) in [6.45, 7) is 4.87. The molecule has 0 bridgehead atoms. The Balaban J connectivity index is 2.15. The quantitative estimate of drug-likeness (QED) is 0.839. The van der Waals surface area contributed by atoms with Crippen LogP contribution in [0.15, 0.2) is 18.3 Å². The second kappa shape index (κ2) is 6.71. The number of nitrogens with zero attached hydrogens (tertiary/aromatic N) is 1. The van der Waals surface area contributed by atoms with E-state index in [4.69, 9.17) is 10.5 Å². The molecule has 1 aliphatic heterocycles. The van der Waals surface area contributed by atoms with Gasteiger partial charge in [-0.1, -0.05) is 13.0 Å². The van der Waals surface area contributed by atoms with E-state index in [1.807, 2.05) is 6.07 Å². The van der Waals surface area contributed by atoms with Gasteiger partial charge in [0.2, 0.25) is 0 Å². The largest absolute Gasteiger partial charge is 0.383 e. The SMILES string of the molecule is CCCNC(c1cccnc1N)C1CCCOC1. The standard InChI is InChI=1S/C14H23N3O/c1-2-7-16-13(11-5-4-9-18-10-11)12-6-3-8-17-14(12)15/h3,6,8,11,13,16H,2,4-5,7,9-10H2,1H3,(H2,15,17). The lowest BCUT2D eigenvalue weighted by molar-refractivity contribution is 0.0391. The number of aromatic nitrogens is 1. The van der Waals surface area contributed by atoms with Crippen LogP contribution in [0, 0.1) is 5.92 Å². The van der Waals surface area contributed by atoms with Gasteiger partial charge in [-0.2, -0.15) is 0 Å². The molecule has 3 N–H and O–H groups in total. The molecule has 2 atom stereocenters. The number of hydrogen-bond acceptors (Lipinski definition) is 4. The van der Waals surface area contributed by atoms with Gasteiger partial charge in [0.1, 0.15) is 5.82 Å². The van der Waals surface area contributed by atoms with Gasteiger partial charge in [-0.05, 0) is 31.9 Å². The van der Waals surface area contributed by atoms with Crippen molar-refractivity contribution in [1.82, 2.24) is 10.3 Å². The number of nitrogens with one attached hydrogen (secondary N) is 1. The minimum atomic E-state index is 0.263. The zero-order valence-corrected chi connectivity index (χ0v) is 11.1. The molecule has 1 saturated heterocycles. The number of nitrogens with two attached hydrogens (primary N) is 1. The molecule has 2 rings (SSSR count). The molecule has 2 unspecified atom stereocenters. The molecule has 4 heteroatoms. The lowest BCUT2D eigenvalue weighted by Crippen LogP contribution is -2.34. The first-order valence-electron chi connectivity index (χ1n) is 6.84. The second-order valence-electron chi connectivity index (χ2n) is 4.89. The average Bonchev–Trinajstić information content (AvgIpc) is 2.42. The maximum absolute atomic E-state index is 6.01. The van der Waals surface area contributed by atoms with E-state index < -0.39 is 0 Å². The van der Waals surface area contributed by atoms with Crippen molar-refractivity contribution in [2.45, 2.75) is 32.2 Å². The van der Waals surface area contributed by atoms with Crippen LogP contribution in [0.3, 0.4) is 0 Å². The number of nitrogen functional groups attached to an aromatic ring is 1. The van der Waals surface area contributed by atoms with Crippen LogP contribution in [-0.2, 0) is 4.74 Å². The van der Waals surface area contributed by atoms with E-state index in [-0.39, 0.29) is 6.04 Å². The monoisotopic (exact) mass is 249 g/mol. The summed E-state index contributed by atoms with van der Waals surface area (Å²) in [5.74, 6) is 1.13. The molecule has 1 aromatic rings. The van der Waals surface area contributed by atoms with Gasteiger partial charge in [0.05, 0.1) is 6.61 Å². The van der Waals surface area contributed by atoms with Crippen molar-refractivity contribution in [3.63, 3.8) is 0 Å². The fraction of sp³-hybridized carbons (Fsp3) is 0.643. The zero-order valence-electron chi connectivity index (χ0n) is 11.1. The smallest absolute Gasteiger partial charge is 0.128 e. The van der Waals surface area contributed by atoms with Crippen molar-refractivity contribution in [1.29, 1.82) is 0 Å². The summed E-state index contributed by atoms with van der Waals surface area (Å²) >= 11 is 0. The second-order valence-corrected chi connectivity index (χ2v) is 4.89. The summed E-state index contributed by atoms with van der Waals surface area (Å²) in [5, 5.41) is 3.60. The Morgan fingerprint density at radius 2 is 2.50 bits per heavy atom. The zero-order chi connectivity index (χ0) is 12.8. The number of anilines is 1. The van der Waals surface area contributed by atoms with Crippen LogP contribution in [-0.4, -0.2) is 24.7 Å². The normalized spacial score (nSPS) is 21.7. The van der Waals surface area contributed by atoms with Crippen LogP contribution in [0.5, 0.6) is 0 Å². The fourth-order valence-corrected chi connectivity index (χ4v) is 2.55. The molecule has 2 heterocycles. The van der Waals surface area contributed by atoms with Crippen LogP contribution < -0.4 is 11.1 Å². The van der Waals surface area contributed by atoms with Crippen molar-refractivity contribution < 1.29 is 4.74 Å². The topological polar surface area (TPSA) is 60.2 Å². The molecule has 0 aliphatic carbocycles. The molecule has 0 amide bonds. The van der Waals surface area contributed by atoms with E-state index in [0.717, 1.165) is 38.2 Å². The molecule has 4 nitrogen and oxygen atoms in total. The number of rotatable bonds is 5. The van der Waals surface area contributed by atoms with E-state index in [2.05, 4.69) is 23.3 Å². The minimum absolute atomic E-state index is 0.263. The van der Waals surface area contributed by atoms with E-state index in [1.54, 1.807) is 6.20 Å². The first-order valence-corrected chi connectivity index (χ1v) is 6.84. The van der Waals surface area contributed by atoms with Crippen LogP contribution in [0.4, 0.5) is 5.82 Å². The maximum atomic E-state index is 6.01. The van der Waals surface area contributed by atoms with Gasteiger partial charge in [0, 0.05) is 30.3 Å². The van der Waals surface area contributed by atoms with Crippen LogP contribution in [0.2, 0.25) is 0 Å². The minimum Gasteiger partial charge on any atom is -0.383 e. The Hall–Kier alpha value is -1.13. The highest BCUT2D eigenvalue weighted by Gasteiger charge is 2.26. The van der Waals surface area contributed by atoms with E-state index in [9.17, 15) is 0 Å². The Morgan fingerprint density at radius 3 is 3.17 bits per heavy atom. The molecular formula is C14H23N3O. The summed E-state index contributed by atoms with van der Waals surface area (Å²) < 4.78 is 5.60. The predicted octanol–water partition coefficient (Wildman–Crippen LogP) is 2.13. The van der Waals surface area contributed by atoms with Gasteiger partial charge >= 0.3 is 0 Å². The first-order chi connectivity index (χ1) is 8.83. The Morgan fingerprint density at radius 1 is 1.61 bits per heavy atom. The highest BCUT2D eigenvalue weighted by molar-refractivity contribution is 5.41. The molecule has 18 heavy (non-hydrogen) atoms. The van der Waals surface area contributed by atoms with Crippen LogP contribution in [0.25, 0.3) is 0 Å². The van der Waals surface area contributed by atoms with Gasteiger partial charge in [0.15, 0.2) is 0 Å². The fourth-order valence-electron chi connectivity index (χ4n) is 2.55.